The lowest BCUT2D eigenvalue weighted by atomic mass is 9.94. The zero-order valence-electron chi connectivity index (χ0n) is 30.9. The fourth-order valence-electron chi connectivity index (χ4n) is 9.99. The maximum atomic E-state index is 2.46. The second-order valence-electron chi connectivity index (χ2n) is 15.3. The van der Waals surface area contributed by atoms with E-state index in [1.807, 2.05) is 0 Å². The number of fused-ring (bicyclic) bond motifs is 15. The van der Waals surface area contributed by atoms with Crippen molar-refractivity contribution < 1.29 is 0 Å². The van der Waals surface area contributed by atoms with Crippen molar-refractivity contribution in [2.45, 2.75) is 0 Å². The van der Waals surface area contributed by atoms with Crippen LogP contribution in [0.15, 0.2) is 200 Å². The first-order valence-corrected chi connectivity index (χ1v) is 19.7. The molecule has 3 aromatic heterocycles. The number of nitrogens with zero attached hydrogens (tertiary/aromatic N) is 3. The molecule has 0 aliphatic rings. The van der Waals surface area contributed by atoms with E-state index in [2.05, 4.69) is 214 Å². The summed E-state index contributed by atoms with van der Waals surface area (Å²) in [7, 11) is 0. The predicted octanol–water partition coefficient (Wildman–Crippen LogP) is 14.4. The smallest absolute Gasteiger partial charge is 0.0561 e. The van der Waals surface area contributed by atoms with Gasteiger partial charge in [-0.25, -0.2) is 0 Å². The van der Waals surface area contributed by atoms with Crippen molar-refractivity contribution in [1.82, 2.24) is 13.7 Å². The van der Waals surface area contributed by atoms with Gasteiger partial charge in [0.05, 0.1) is 33.1 Å². The standard InChI is InChI=1S/C54H33N3/c1-2-15-39-37(13-1)38-14-3-4-16-40(38)47-31-34(25-28-41(39)47)55-52-24-12-8-20-45(52)48-32-35(27-30-53(48)55)57-51-23-11-7-19-44(51)46-29-26-36(33-54(46)57)56-49-21-9-5-17-42(49)43-18-6-10-22-50(43)56/h1-33H. The maximum Gasteiger partial charge on any atom is 0.0561 e. The highest BCUT2D eigenvalue weighted by atomic mass is 15.0. The number of aromatic nitrogens is 3. The van der Waals surface area contributed by atoms with Crippen LogP contribution in [0.1, 0.15) is 0 Å². The third-order valence-corrected chi connectivity index (χ3v) is 12.4. The number of hydrogen-bond donors (Lipinski definition) is 0. The lowest BCUT2D eigenvalue weighted by Gasteiger charge is -2.14. The Balaban J connectivity index is 1.06. The van der Waals surface area contributed by atoms with Crippen LogP contribution in [0.25, 0.3) is 115 Å². The van der Waals surface area contributed by atoms with Gasteiger partial charge >= 0.3 is 0 Å². The first-order chi connectivity index (χ1) is 28.3. The van der Waals surface area contributed by atoms with E-state index in [4.69, 9.17) is 0 Å². The molecular weight excluding hydrogens is 691 g/mol. The molecule has 0 fully saturated rings. The lowest BCUT2D eigenvalue weighted by Crippen LogP contribution is -1.97. The van der Waals surface area contributed by atoms with Crippen LogP contribution in [0, 0.1) is 0 Å². The van der Waals surface area contributed by atoms with Crippen molar-refractivity contribution in [3.8, 4) is 17.1 Å². The summed E-state index contributed by atoms with van der Waals surface area (Å²) in [4.78, 5) is 0. The molecule has 0 aliphatic carbocycles. The summed E-state index contributed by atoms with van der Waals surface area (Å²) in [5.74, 6) is 0. The Labute approximate surface area is 327 Å². The highest BCUT2D eigenvalue weighted by molar-refractivity contribution is 6.26. The van der Waals surface area contributed by atoms with Gasteiger partial charge in [-0.15, -0.1) is 0 Å². The molecule has 13 aromatic rings. The van der Waals surface area contributed by atoms with Gasteiger partial charge in [0, 0.05) is 49.4 Å². The molecule has 0 saturated carbocycles. The fourth-order valence-corrected chi connectivity index (χ4v) is 9.99. The molecule has 0 bridgehead atoms. The zero-order chi connectivity index (χ0) is 37.2. The molecule has 0 N–H and O–H groups in total. The van der Waals surface area contributed by atoms with Gasteiger partial charge in [0.2, 0.25) is 0 Å². The van der Waals surface area contributed by atoms with Gasteiger partial charge in [-0.1, -0.05) is 133 Å². The van der Waals surface area contributed by atoms with E-state index >= 15 is 0 Å². The summed E-state index contributed by atoms with van der Waals surface area (Å²) in [6, 6.07) is 73.8. The summed E-state index contributed by atoms with van der Waals surface area (Å²) >= 11 is 0. The fraction of sp³-hybridized carbons (Fsp3) is 0. The van der Waals surface area contributed by atoms with Gasteiger partial charge in [0.15, 0.2) is 0 Å². The van der Waals surface area contributed by atoms with Crippen LogP contribution in [0.2, 0.25) is 0 Å². The van der Waals surface area contributed by atoms with Crippen LogP contribution in [-0.2, 0) is 0 Å². The molecule has 3 heteroatoms. The van der Waals surface area contributed by atoms with Crippen molar-refractivity contribution in [3.05, 3.63) is 200 Å². The Morgan fingerprint density at radius 1 is 0.175 bits per heavy atom. The third-order valence-electron chi connectivity index (χ3n) is 12.4. The minimum atomic E-state index is 1.15. The second kappa shape index (κ2) is 11.5. The highest BCUT2D eigenvalue weighted by Crippen LogP contribution is 2.41. The van der Waals surface area contributed by atoms with E-state index in [0.29, 0.717) is 0 Å². The SMILES string of the molecule is c1ccc2c(c1)c1ccccc1c1cc(-n3c4ccccc4c4cc(-n5c6ccccc6c6ccc(-n7c8ccccc8c8ccccc87)cc65)ccc43)ccc21. The van der Waals surface area contributed by atoms with Crippen molar-refractivity contribution >= 4 is 97.7 Å². The normalized spacial score (nSPS) is 12.2. The molecule has 13 rings (SSSR count). The Kier molecular flexibility index (Phi) is 6.16. The van der Waals surface area contributed by atoms with Crippen LogP contribution >= 0.6 is 0 Å². The minimum absolute atomic E-state index is 1.15. The van der Waals surface area contributed by atoms with E-state index in [-0.39, 0.29) is 0 Å². The molecule has 0 unspecified atom stereocenters. The van der Waals surface area contributed by atoms with E-state index in [1.54, 1.807) is 0 Å². The maximum absolute atomic E-state index is 2.46. The lowest BCUT2D eigenvalue weighted by molar-refractivity contribution is 1.15. The van der Waals surface area contributed by atoms with Crippen LogP contribution in [-0.4, -0.2) is 13.7 Å². The second-order valence-corrected chi connectivity index (χ2v) is 15.3. The summed E-state index contributed by atoms with van der Waals surface area (Å²) in [5, 5.41) is 15.2. The van der Waals surface area contributed by atoms with Gasteiger partial charge in [-0.3, -0.25) is 0 Å². The van der Waals surface area contributed by atoms with E-state index in [1.165, 1.54) is 97.7 Å². The van der Waals surface area contributed by atoms with Crippen LogP contribution in [0.4, 0.5) is 0 Å². The topological polar surface area (TPSA) is 14.8 Å². The van der Waals surface area contributed by atoms with Crippen molar-refractivity contribution in [1.29, 1.82) is 0 Å². The Morgan fingerprint density at radius 2 is 0.456 bits per heavy atom. The average molecular weight is 724 g/mol. The Morgan fingerprint density at radius 3 is 0.947 bits per heavy atom. The molecule has 0 radical (unpaired) electrons. The van der Waals surface area contributed by atoms with Gasteiger partial charge < -0.3 is 13.7 Å². The highest BCUT2D eigenvalue weighted by Gasteiger charge is 2.19. The largest absolute Gasteiger partial charge is 0.309 e. The van der Waals surface area contributed by atoms with Crippen molar-refractivity contribution in [3.63, 3.8) is 0 Å². The minimum Gasteiger partial charge on any atom is -0.309 e. The number of rotatable bonds is 3. The number of benzene rings is 10. The van der Waals surface area contributed by atoms with Gasteiger partial charge in [0.25, 0.3) is 0 Å². The van der Waals surface area contributed by atoms with Crippen LogP contribution < -0.4 is 0 Å². The quantitative estimate of drug-likeness (QED) is 0.161. The number of para-hydroxylation sites is 4. The molecule has 3 nitrogen and oxygen atoms in total. The third kappa shape index (κ3) is 4.20. The van der Waals surface area contributed by atoms with Gasteiger partial charge in [0.1, 0.15) is 0 Å². The molecule has 0 amide bonds. The molecule has 57 heavy (non-hydrogen) atoms. The molecule has 0 atom stereocenters. The summed E-state index contributed by atoms with van der Waals surface area (Å²) in [6.45, 7) is 0. The molecule has 0 aliphatic heterocycles. The molecule has 0 saturated heterocycles. The Bertz CT molecular complexity index is 3730. The van der Waals surface area contributed by atoms with Gasteiger partial charge in [-0.2, -0.15) is 0 Å². The average Bonchev–Trinajstić information content (AvgIpc) is 3.91. The van der Waals surface area contributed by atoms with E-state index < -0.39 is 0 Å². The molecule has 10 aromatic carbocycles. The predicted molar refractivity (Wildman–Crippen MR) is 242 cm³/mol. The van der Waals surface area contributed by atoms with E-state index in [9.17, 15) is 0 Å². The summed E-state index contributed by atoms with van der Waals surface area (Å²) < 4.78 is 7.32. The molecule has 0 spiro atoms. The first-order valence-electron chi connectivity index (χ1n) is 19.7. The van der Waals surface area contributed by atoms with Crippen LogP contribution in [0.5, 0.6) is 0 Å². The van der Waals surface area contributed by atoms with Crippen molar-refractivity contribution in [2.75, 3.05) is 0 Å². The Hall–Kier alpha value is -7.62. The monoisotopic (exact) mass is 723 g/mol. The summed E-state index contributed by atoms with van der Waals surface area (Å²) in [6.07, 6.45) is 0. The molecule has 3 heterocycles. The molecule has 264 valence electrons. The van der Waals surface area contributed by atoms with Crippen LogP contribution in [0.3, 0.4) is 0 Å². The number of hydrogen-bond acceptors (Lipinski definition) is 0. The van der Waals surface area contributed by atoms with Gasteiger partial charge in [-0.05, 0) is 99.0 Å². The van der Waals surface area contributed by atoms with Crippen molar-refractivity contribution in [2.24, 2.45) is 0 Å². The first kappa shape index (κ1) is 30.7. The summed E-state index contributed by atoms with van der Waals surface area (Å²) in [5.41, 5.74) is 10.7. The van der Waals surface area contributed by atoms with E-state index in [0.717, 1.165) is 17.1 Å². The molecular formula is C54H33N3. The zero-order valence-corrected chi connectivity index (χ0v) is 30.9.